The third kappa shape index (κ3) is 3.48. The highest BCUT2D eigenvalue weighted by Crippen LogP contribution is 2.33. The summed E-state index contributed by atoms with van der Waals surface area (Å²) in [6, 6.07) is 5.03. The second kappa shape index (κ2) is 6.64. The van der Waals surface area contributed by atoms with Crippen LogP contribution in [0, 0.1) is 0 Å². The van der Waals surface area contributed by atoms with Gasteiger partial charge in [-0.15, -0.1) is 0 Å². The number of hydrogen-bond acceptors (Lipinski definition) is 4. The second-order valence-corrected chi connectivity index (χ2v) is 6.28. The van der Waals surface area contributed by atoms with Crippen molar-refractivity contribution in [3.05, 3.63) is 28.8 Å². The summed E-state index contributed by atoms with van der Waals surface area (Å²) in [6.45, 7) is 0.634. The van der Waals surface area contributed by atoms with E-state index in [-0.39, 0.29) is 11.4 Å². The molecule has 1 aliphatic carbocycles. The van der Waals surface area contributed by atoms with E-state index < -0.39 is 0 Å². The molecule has 0 radical (unpaired) electrons. The van der Waals surface area contributed by atoms with Crippen LogP contribution in [0.5, 0.6) is 0 Å². The Morgan fingerprint density at radius 3 is 2.62 bits per heavy atom. The third-order valence-corrected chi connectivity index (χ3v) is 4.68. The van der Waals surface area contributed by atoms with Crippen LogP contribution in [0.25, 0.3) is 0 Å². The lowest BCUT2D eigenvalue weighted by Gasteiger charge is -2.36. The number of carbonyl (C=O) groups excluding carboxylic acids is 1. The number of nitrogen functional groups attached to an aromatic ring is 1. The summed E-state index contributed by atoms with van der Waals surface area (Å²) < 4.78 is 0. The van der Waals surface area contributed by atoms with E-state index in [1.807, 2.05) is 0 Å². The van der Waals surface area contributed by atoms with E-state index in [0.29, 0.717) is 22.8 Å². The molecule has 1 aliphatic rings. The molecule has 1 amide bonds. The molecule has 21 heavy (non-hydrogen) atoms. The quantitative estimate of drug-likeness (QED) is 0.576. The smallest absolute Gasteiger partial charge is 0.253 e. The van der Waals surface area contributed by atoms with Crippen molar-refractivity contribution < 1.29 is 4.79 Å². The number of hydrazine groups is 1. The van der Waals surface area contributed by atoms with Crippen molar-refractivity contribution >= 4 is 23.2 Å². The zero-order valence-electron chi connectivity index (χ0n) is 12.6. The van der Waals surface area contributed by atoms with Crippen molar-refractivity contribution in [3.63, 3.8) is 0 Å². The van der Waals surface area contributed by atoms with Crippen LogP contribution in [-0.4, -0.2) is 37.0 Å². The number of halogens is 1. The number of nitrogens with zero attached hydrogens (tertiary/aromatic N) is 1. The van der Waals surface area contributed by atoms with E-state index in [4.69, 9.17) is 17.4 Å². The average Bonchev–Trinajstić information content (AvgIpc) is 2.95. The molecule has 5 nitrogen and oxygen atoms in total. The van der Waals surface area contributed by atoms with Crippen LogP contribution in [0.15, 0.2) is 18.2 Å². The average molecular weight is 311 g/mol. The fourth-order valence-corrected chi connectivity index (χ4v) is 3.16. The number of hydrogen-bond donors (Lipinski definition) is 3. The zero-order valence-corrected chi connectivity index (χ0v) is 13.3. The van der Waals surface area contributed by atoms with Gasteiger partial charge in [-0.05, 0) is 45.1 Å². The first-order chi connectivity index (χ1) is 9.98. The Balaban J connectivity index is 2.10. The fraction of sp³-hybridized carbons (Fsp3) is 0.533. The van der Waals surface area contributed by atoms with Crippen LogP contribution in [0.3, 0.4) is 0 Å². The van der Waals surface area contributed by atoms with Crippen molar-refractivity contribution in [3.8, 4) is 0 Å². The van der Waals surface area contributed by atoms with Gasteiger partial charge in [0.05, 0.1) is 11.3 Å². The number of nitrogens with one attached hydrogen (secondary N) is 2. The first-order valence-electron chi connectivity index (χ1n) is 7.20. The first kappa shape index (κ1) is 16.1. The summed E-state index contributed by atoms with van der Waals surface area (Å²) in [5, 5.41) is 3.55. The summed E-state index contributed by atoms with van der Waals surface area (Å²) in [7, 11) is 4.15. The Morgan fingerprint density at radius 2 is 2.05 bits per heavy atom. The normalized spacial score (nSPS) is 17.0. The van der Waals surface area contributed by atoms with Gasteiger partial charge in [-0.1, -0.05) is 24.4 Å². The minimum absolute atomic E-state index is 0.0601. The monoisotopic (exact) mass is 310 g/mol. The summed E-state index contributed by atoms with van der Waals surface area (Å²) in [4.78, 5) is 14.6. The lowest BCUT2D eigenvalue weighted by atomic mass is 9.96. The highest BCUT2D eigenvalue weighted by atomic mass is 35.5. The van der Waals surface area contributed by atoms with Gasteiger partial charge in [-0.25, -0.2) is 0 Å². The van der Waals surface area contributed by atoms with Crippen LogP contribution in [0.1, 0.15) is 36.0 Å². The lowest BCUT2D eigenvalue weighted by Crippen LogP contribution is -2.50. The number of amides is 1. The molecule has 0 atom stereocenters. The summed E-state index contributed by atoms with van der Waals surface area (Å²) >= 11 is 5.97. The van der Waals surface area contributed by atoms with Crippen molar-refractivity contribution in [2.75, 3.05) is 26.1 Å². The molecular formula is C15H23ClN4O. The summed E-state index contributed by atoms with van der Waals surface area (Å²) in [5.41, 5.74) is 3.63. The molecule has 0 saturated heterocycles. The van der Waals surface area contributed by atoms with Crippen molar-refractivity contribution in [1.29, 1.82) is 0 Å². The van der Waals surface area contributed by atoms with E-state index in [1.54, 1.807) is 18.2 Å². The van der Waals surface area contributed by atoms with Gasteiger partial charge in [-0.2, -0.15) is 0 Å². The second-order valence-electron chi connectivity index (χ2n) is 5.84. The predicted molar refractivity (Wildman–Crippen MR) is 86.5 cm³/mol. The van der Waals surface area contributed by atoms with Gasteiger partial charge in [0, 0.05) is 17.1 Å². The van der Waals surface area contributed by atoms with Crippen LogP contribution in [0.4, 0.5) is 5.69 Å². The SMILES string of the molecule is CN(C)C1(CNC(=O)c2cc(Cl)ccc2NN)CCCC1. The topological polar surface area (TPSA) is 70.4 Å². The van der Waals surface area contributed by atoms with E-state index in [1.165, 1.54) is 12.8 Å². The molecule has 1 fully saturated rings. The number of likely N-dealkylation sites (N-methyl/N-ethyl adjacent to an activating group) is 1. The maximum Gasteiger partial charge on any atom is 0.253 e. The van der Waals surface area contributed by atoms with Gasteiger partial charge in [-0.3, -0.25) is 10.6 Å². The van der Waals surface area contributed by atoms with Gasteiger partial charge < -0.3 is 15.6 Å². The Morgan fingerprint density at radius 1 is 1.38 bits per heavy atom. The molecule has 1 aromatic carbocycles. The Bertz CT molecular complexity index is 512. The molecule has 0 aromatic heterocycles. The number of benzene rings is 1. The minimum atomic E-state index is -0.154. The van der Waals surface area contributed by atoms with E-state index in [2.05, 4.69) is 29.7 Å². The van der Waals surface area contributed by atoms with Crippen molar-refractivity contribution in [2.45, 2.75) is 31.2 Å². The summed E-state index contributed by atoms with van der Waals surface area (Å²) in [6.07, 6.45) is 4.64. The molecule has 0 spiro atoms. The minimum Gasteiger partial charge on any atom is -0.350 e. The molecule has 4 N–H and O–H groups in total. The highest BCUT2D eigenvalue weighted by molar-refractivity contribution is 6.31. The predicted octanol–water partition coefficient (Wildman–Crippen LogP) is 2.23. The van der Waals surface area contributed by atoms with Gasteiger partial charge in [0.2, 0.25) is 0 Å². The third-order valence-electron chi connectivity index (χ3n) is 4.44. The molecule has 1 saturated carbocycles. The largest absolute Gasteiger partial charge is 0.350 e. The molecule has 0 heterocycles. The van der Waals surface area contributed by atoms with Gasteiger partial charge in [0.1, 0.15) is 0 Å². The number of carbonyl (C=O) groups is 1. The molecule has 6 heteroatoms. The van der Waals surface area contributed by atoms with Crippen LogP contribution < -0.4 is 16.6 Å². The Hall–Kier alpha value is -1.30. The molecule has 0 unspecified atom stereocenters. The fourth-order valence-electron chi connectivity index (χ4n) is 2.99. The van der Waals surface area contributed by atoms with E-state index in [0.717, 1.165) is 12.8 Å². The molecule has 0 bridgehead atoms. The van der Waals surface area contributed by atoms with Crippen LogP contribution in [0.2, 0.25) is 5.02 Å². The van der Waals surface area contributed by atoms with Gasteiger partial charge >= 0.3 is 0 Å². The molecule has 0 aliphatic heterocycles. The van der Waals surface area contributed by atoms with Gasteiger partial charge in [0.15, 0.2) is 0 Å². The maximum absolute atomic E-state index is 12.4. The van der Waals surface area contributed by atoms with Crippen molar-refractivity contribution in [1.82, 2.24) is 10.2 Å². The zero-order chi connectivity index (χ0) is 15.5. The number of rotatable bonds is 5. The standard InChI is InChI=1S/C15H23ClN4O/c1-20(2)15(7-3-4-8-15)10-18-14(21)12-9-11(16)5-6-13(12)19-17/h5-6,9,19H,3-4,7-8,10,17H2,1-2H3,(H,18,21). The molecular weight excluding hydrogens is 288 g/mol. The van der Waals surface area contributed by atoms with E-state index >= 15 is 0 Å². The maximum atomic E-state index is 12.4. The Kier molecular flexibility index (Phi) is 5.08. The van der Waals surface area contributed by atoms with Crippen molar-refractivity contribution in [2.24, 2.45) is 5.84 Å². The van der Waals surface area contributed by atoms with Gasteiger partial charge in [0.25, 0.3) is 5.91 Å². The molecule has 116 valence electrons. The first-order valence-corrected chi connectivity index (χ1v) is 7.58. The lowest BCUT2D eigenvalue weighted by molar-refractivity contribution is 0.0900. The Labute approximate surface area is 130 Å². The molecule has 1 aromatic rings. The molecule has 2 rings (SSSR count). The van der Waals surface area contributed by atoms with Crippen LogP contribution >= 0.6 is 11.6 Å². The van der Waals surface area contributed by atoms with Crippen LogP contribution in [-0.2, 0) is 0 Å². The highest BCUT2D eigenvalue weighted by Gasteiger charge is 2.36. The number of anilines is 1. The van der Waals surface area contributed by atoms with E-state index in [9.17, 15) is 4.79 Å². The number of nitrogens with two attached hydrogens (primary N) is 1. The summed E-state index contributed by atoms with van der Waals surface area (Å²) in [5.74, 6) is 5.30.